The van der Waals surface area contributed by atoms with Gasteiger partial charge >= 0.3 is 0 Å². The second-order valence-electron chi connectivity index (χ2n) is 3.06. The monoisotopic (exact) mass is 167 g/mol. The topological polar surface area (TPSA) is 12.0 Å². The van der Waals surface area contributed by atoms with E-state index in [2.05, 4.69) is 31.8 Å². The fourth-order valence-electron chi connectivity index (χ4n) is 1.58. The Bertz CT molecular complexity index is 156. The molecule has 0 aromatic rings. The zero-order valence-electron chi connectivity index (χ0n) is 8.78. The van der Waals surface area contributed by atoms with Crippen LogP contribution >= 0.6 is 0 Å². The van der Waals surface area contributed by atoms with Gasteiger partial charge in [0, 0.05) is 5.54 Å². The molecule has 0 aromatic carbocycles. The summed E-state index contributed by atoms with van der Waals surface area (Å²) in [5.74, 6) is 0. The van der Waals surface area contributed by atoms with Crippen molar-refractivity contribution < 1.29 is 0 Å². The Kier molecular flexibility index (Phi) is 4.91. The number of hydrogen-bond donors (Lipinski definition) is 1. The van der Waals surface area contributed by atoms with Crippen molar-refractivity contribution in [2.75, 3.05) is 7.05 Å². The Labute approximate surface area is 76.6 Å². The second kappa shape index (κ2) is 5.15. The molecule has 0 aromatic heterocycles. The lowest BCUT2D eigenvalue weighted by Crippen LogP contribution is -2.42. The number of hydrogen-bond acceptors (Lipinski definition) is 1. The molecular weight excluding hydrogens is 146 g/mol. The van der Waals surface area contributed by atoms with Crippen LogP contribution in [0.4, 0.5) is 0 Å². The van der Waals surface area contributed by atoms with Crippen LogP contribution in [-0.4, -0.2) is 12.6 Å². The van der Waals surface area contributed by atoms with E-state index in [-0.39, 0.29) is 5.54 Å². The molecule has 1 N–H and O–H groups in total. The van der Waals surface area contributed by atoms with E-state index in [1.807, 2.05) is 20.0 Å². The molecule has 0 bridgehead atoms. The molecule has 1 heteroatoms. The van der Waals surface area contributed by atoms with Gasteiger partial charge in [-0.05, 0) is 32.4 Å². The van der Waals surface area contributed by atoms with Gasteiger partial charge in [0.25, 0.3) is 0 Å². The van der Waals surface area contributed by atoms with Crippen LogP contribution in [0.2, 0.25) is 0 Å². The van der Waals surface area contributed by atoms with Gasteiger partial charge in [-0.1, -0.05) is 32.6 Å². The number of allylic oxidation sites excluding steroid dienone is 1. The normalized spacial score (nSPS) is 12.3. The summed E-state index contributed by atoms with van der Waals surface area (Å²) in [4.78, 5) is 0. The van der Waals surface area contributed by atoms with Crippen LogP contribution in [0.25, 0.3) is 0 Å². The Morgan fingerprint density at radius 3 is 2.17 bits per heavy atom. The first-order chi connectivity index (χ1) is 5.66. The van der Waals surface area contributed by atoms with Crippen molar-refractivity contribution in [1.82, 2.24) is 5.32 Å². The molecule has 0 aliphatic carbocycles. The molecule has 12 heavy (non-hydrogen) atoms. The summed E-state index contributed by atoms with van der Waals surface area (Å²) in [6.45, 7) is 10.5. The zero-order valence-corrected chi connectivity index (χ0v) is 8.78. The zero-order chi connectivity index (χ0) is 9.61. The van der Waals surface area contributed by atoms with E-state index in [1.165, 1.54) is 5.57 Å². The van der Waals surface area contributed by atoms with Crippen LogP contribution in [0.1, 0.15) is 33.6 Å². The van der Waals surface area contributed by atoms with Crippen LogP contribution in [0.15, 0.2) is 24.3 Å². The van der Waals surface area contributed by atoms with E-state index in [9.17, 15) is 0 Å². The van der Waals surface area contributed by atoms with Crippen LogP contribution in [0.5, 0.6) is 0 Å². The van der Waals surface area contributed by atoms with Gasteiger partial charge in [0.1, 0.15) is 0 Å². The highest BCUT2D eigenvalue weighted by atomic mass is 14.9. The maximum absolute atomic E-state index is 4.08. The first-order valence-electron chi connectivity index (χ1n) is 4.67. The van der Waals surface area contributed by atoms with Gasteiger partial charge in [-0.3, -0.25) is 0 Å². The summed E-state index contributed by atoms with van der Waals surface area (Å²) >= 11 is 0. The van der Waals surface area contributed by atoms with Crippen molar-refractivity contribution >= 4 is 0 Å². The summed E-state index contributed by atoms with van der Waals surface area (Å²) in [7, 11) is 2.00. The molecule has 0 heterocycles. The Hall–Kier alpha value is -0.560. The van der Waals surface area contributed by atoms with E-state index >= 15 is 0 Å². The summed E-state index contributed by atoms with van der Waals surface area (Å²) < 4.78 is 0. The Morgan fingerprint density at radius 1 is 1.42 bits per heavy atom. The maximum atomic E-state index is 4.08. The molecule has 0 aliphatic heterocycles. The third-order valence-electron chi connectivity index (χ3n) is 2.67. The van der Waals surface area contributed by atoms with E-state index in [1.54, 1.807) is 0 Å². The lowest BCUT2D eigenvalue weighted by atomic mass is 9.85. The van der Waals surface area contributed by atoms with E-state index in [4.69, 9.17) is 0 Å². The molecule has 0 radical (unpaired) electrons. The third-order valence-corrected chi connectivity index (χ3v) is 2.67. The predicted molar refractivity (Wildman–Crippen MR) is 56.3 cm³/mol. The lowest BCUT2D eigenvalue weighted by Gasteiger charge is -2.32. The van der Waals surface area contributed by atoms with Crippen molar-refractivity contribution in [1.29, 1.82) is 0 Å². The highest BCUT2D eigenvalue weighted by molar-refractivity contribution is 5.27. The van der Waals surface area contributed by atoms with Crippen LogP contribution in [-0.2, 0) is 0 Å². The summed E-state index contributed by atoms with van der Waals surface area (Å²) in [6.07, 6.45) is 6.30. The standard InChI is InChI=1S/C11H21N/c1-6-9-10(4)11(7-2,8-3)12-5/h6,9,12H,4,7-8H2,1-3,5H3/b9-6-. The molecular formula is C11H21N. The van der Waals surface area contributed by atoms with Crippen LogP contribution < -0.4 is 5.32 Å². The molecule has 0 atom stereocenters. The quantitative estimate of drug-likeness (QED) is 0.621. The molecule has 0 amide bonds. The predicted octanol–water partition coefficient (Wildman–Crippen LogP) is 2.90. The SMILES string of the molecule is C=C(/C=C\C)C(CC)(CC)NC. The van der Waals surface area contributed by atoms with Crippen molar-refractivity contribution in [3.05, 3.63) is 24.3 Å². The molecule has 1 nitrogen and oxygen atoms in total. The van der Waals surface area contributed by atoms with Crippen molar-refractivity contribution in [3.63, 3.8) is 0 Å². The fraction of sp³-hybridized carbons (Fsp3) is 0.636. The van der Waals surface area contributed by atoms with Crippen LogP contribution in [0.3, 0.4) is 0 Å². The van der Waals surface area contributed by atoms with E-state index in [0.717, 1.165) is 12.8 Å². The fourth-order valence-corrected chi connectivity index (χ4v) is 1.58. The molecule has 0 aliphatic rings. The first-order valence-corrected chi connectivity index (χ1v) is 4.67. The Morgan fingerprint density at radius 2 is 1.92 bits per heavy atom. The second-order valence-corrected chi connectivity index (χ2v) is 3.06. The van der Waals surface area contributed by atoms with Crippen molar-refractivity contribution in [2.45, 2.75) is 39.2 Å². The largest absolute Gasteiger partial charge is 0.310 e. The maximum Gasteiger partial charge on any atom is 0.0420 e. The van der Waals surface area contributed by atoms with E-state index < -0.39 is 0 Å². The van der Waals surface area contributed by atoms with Gasteiger partial charge in [0.15, 0.2) is 0 Å². The van der Waals surface area contributed by atoms with Gasteiger partial charge in [0.2, 0.25) is 0 Å². The smallest absolute Gasteiger partial charge is 0.0420 e. The first kappa shape index (κ1) is 11.4. The molecule has 0 spiro atoms. The summed E-state index contributed by atoms with van der Waals surface area (Å²) in [5.41, 5.74) is 1.28. The van der Waals surface area contributed by atoms with Crippen molar-refractivity contribution in [3.8, 4) is 0 Å². The highest BCUT2D eigenvalue weighted by Gasteiger charge is 2.25. The molecule has 0 saturated heterocycles. The molecule has 0 saturated carbocycles. The van der Waals surface area contributed by atoms with Crippen molar-refractivity contribution in [2.24, 2.45) is 0 Å². The number of rotatable bonds is 5. The van der Waals surface area contributed by atoms with Gasteiger partial charge in [0.05, 0.1) is 0 Å². The minimum atomic E-state index is 0.104. The number of likely N-dealkylation sites (N-methyl/N-ethyl adjacent to an activating group) is 1. The summed E-state index contributed by atoms with van der Waals surface area (Å²) in [5, 5.41) is 3.35. The average Bonchev–Trinajstić information content (AvgIpc) is 2.09. The lowest BCUT2D eigenvalue weighted by molar-refractivity contribution is 0.393. The van der Waals surface area contributed by atoms with E-state index in [0.29, 0.717) is 0 Å². The average molecular weight is 167 g/mol. The van der Waals surface area contributed by atoms with Gasteiger partial charge in [-0.25, -0.2) is 0 Å². The third kappa shape index (κ3) is 2.21. The highest BCUT2D eigenvalue weighted by Crippen LogP contribution is 2.23. The molecule has 70 valence electrons. The van der Waals surface area contributed by atoms with Gasteiger partial charge < -0.3 is 5.32 Å². The number of nitrogens with one attached hydrogen (secondary N) is 1. The summed E-state index contributed by atoms with van der Waals surface area (Å²) in [6, 6.07) is 0. The molecule has 0 rings (SSSR count). The van der Waals surface area contributed by atoms with Gasteiger partial charge in [-0.15, -0.1) is 0 Å². The Balaban J connectivity index is 4.58. The minimum Gasteiger partial charge on any atom is -0.310 e. The minimum absolute atomic E-state index is 0.104. The van der Waals surface area contributed by atoms with Crippen LogP contribution in [0, 0.1) is 0 Å². The van der Waals surface area contributed by atoms with Gasteiger partial charge in [-0.2, -0.15) is 0 Å². The molecule has 0 fully saturated rings. The molecule has 0 unspecified atom stereocenters.